The zero-order valence-corrected chi connectivity index (χ0v) is 16.5. The van der Waals surface area contributed by atoms with Gasteiger partial charge in [0.1, 0.15) is 17.2 Å². The fraction of sp³-hybridized carbons (Fsp3) is 0.278. The Labute approximate surface area is 169 Å². The van der Waals surface area contributed by atoms with Crippen molar-refractivity contribution in [3.63, 3.8) is 0 Å². The number of rotatable bonds is 6. The predicted octanol–water partition coefficient (Wildman–Crippen LogP) is 5.59. The topological polar surface area (TPSA) is 48.0 Å². The molecule has 0 radical (unpaired) electrons. The van der Waals surface area contributed by atoms with Gasteiger partial charge in [-0.2, -0.15) is 13.2 Å². The van der Waals surface area contributed by atoms with Crippen LogP contribution >= 0.6 is 23.2 Å². The number of hydroxylamine groups is 2. The lowest BCUT2D eigenvalue weighted by molar-refractivity contribution is -0.175. The second kappa shape index (κ2) is 8.89. The van der Waals surface area contributed by atoms with Crippen LogP contribution in [0.15, 0.2) is 36.4 Å². The number of benzene rings is 2. The van der Waals surface area contributed by atoms with Gasteiger partial charge in [0.15, 0.2) is 6.10 Å². The van der Waals surface area contributed by atoms with E-state index >= 15 is 0 Å². The van der Waals surface area contributed by atoms with Gasteiger partial charge < -0.3 is 9.47 Å². The van der Waals surface area contributed by atoms with Gasteiger partial charge in [-0.3, -0.25) is 9.63 Å². The van der Waals surface area contributed by atoms with Crippen molar-refractivity contribution >= 4 is 29.1 Å². The van der Waals surface area contributed by atoms with E-state index in [0.29, 0.717) is 0 Å². The molecule has 2 rings (SSSR count). The molecule has 1 amide bonds. The van der Waals surface area contributed by atoms with Crippen LogP contribution in [-0.2, 0) is 15.8 Å². The average molecular weight is 438 g/mol. The van der Waals surface area contributed by atoms with Gasteiger partial charge in [0.25, 0.3) is 5.91 Å². The molecule has 152 valence electrons. The predicted molar refractivity (Wildman–Crippen MR) is 97.8 cm³/mol. The molecular formula is C18H16Cl2F3NO4. The first-order valence-electron chi connectivity index (χ1n) is 7.85. The minimum Gasteiger partial charge on any atom is -0.479 e. The van der Waals surface area contributed by atoms with Gasteiger partial charge in [0.05, 0.1) is 22.7 Å². The monoisotopic (exact) mass is 437 g/mol. The van der Waals surface area contributed by atoms with Crippen molar-refractivity contribution < 1.29 is 32.3 Å². The quantitative estimate of drug-likeness (QED) is 0.552. The molecule has 10 heteroatoms. The number of hydrogen-bond donors (Lipinski definition) is 0. The Morgan fingerprint density at radius 1 is 1.07 bits per heavy atom. The fourth-order valence-electron chi connectivity index (χ4n) is 2.11. The van der Waals surface area contributed by atoms with Gasteiger partial charge in [-0.15, -0.1) is 0 Å². The molecule has 0 heterocycles. The summed E-state index contributed by atoms with van der Waals surface area (Å²) in [7, 11) is 2.76. The summed E-state index contributed by atoms with van der Waals surface area (Å²) in [5.41, 5.74) is -0.889. The van der Waals surface area contributed by atoms with Gasteiger partial charge in [-0.05, 0) is 37.3 Å². The normalized spacial score (nSPS) is 12.4. The highest BCUT2D eigenvalue weighted by atomic mass is 35.5. The van der Waals surface area contributed by atoms with Crippen LogP contribution in [0.4, 0.5) is 13.2 Å². The first-order chi connectivity index (χ1) is 13.0. The van der Waals surface area contributed by atoms with Crippen LogP contribution in [0.25, 0.3) is 0 Å². The van der Waals surface area contributed by atoms with Gasteiger partial charge in [0.2, 0.25) is 0 Å². The number of alkyl halides is 3. The Bertz CT molecular complexity index is 861. The number of amides is 1. The molecule has 1 unspecified atom stereocenters. The summed E-state index contributed by atoms with van der Waals surface area (Å²) in [5, 5.41) is 1.00. The first-order valence-corrected chi connectivity index (χ1v) is 8.61. The highest BCUT2D eigenvalue weighted by Gasteiger charge is 2.31. The van der Waals surface area contributed by atoms with Crippen LogP contribution < -0.4 is 9.47 Å². The number of carbonyl (C=O) groups is 1. The van der Waals surface area contributed by atoms with Crippen LogP contribution in [0, 0.1) is 0 Å². The summed E-state index contributed by atoms with van der Waals surface area (Å²) >= 11 is 12.0. The molecule has 0 aliphatic rings. The highest BCUT2D eigenvalue weighted by molar-refractivity contribution is 6.32. The molecule has 0 spiro atoms. The van der Waals surface area contributed by atoms with Gasteiger partial charge in [-0.25, -0.2) is 5.06 Å². The molecule has 0 aliphatic heterocycles. The van der Waals surface area contributed by atoms with Crippen LogP contribution in [0.1, 0.15) is 12.5 Å². The van der Waals surface area contributed by atoms with E-state index in [1.807, 2.05) is 0 Å². The van der Waals surface area contributed by atoms with Crippen LogP contribution in [0.5, 0.6) is 17.2 Å². The SMILES string of the molecule is CON(C)C(=O)C(C)Oc1cc(Oc2ccc(C(F)(F)F)cc2Cl)ccc1Cl. The maximum atomic E-state index is 12.7. The highest BCUT2D eigenvalue weighted by Crippen LogP contribution is 2.38. The minimum atomic E-state index is -4.51. The zero-order valence-electron chi connectivity index (χ0n) is 15.0. The summed E-state index contributed by atoms with van der Waals surface area (Å²) in [6, 6.07) is 7.08. The van der Waals surface area contributed by atoms with E-state index in [1.54, 1.807) is 0 Å². The lowest BCUT2D eigenvalue weighted by Gasteiger charge is -2.20. The zero-order chi connectivity index (χ0) is 21.1. The fourth-order valence-corrected chi connectivity index (χ4v) is 2.49. The standard InChI is InChI=1S/C18H16Cl2F3NO4/c1-10(17(25)24(2)26-3)27-16-9-12(5-6-13(16)19)28-15-7-4-11(8-14(15)20)18(21,22)23/h4-10H,1-3H3. The van der Waals surface area contributed by atoms with Crippen molar-refractivity contribution in [2.24, 2.45) is 0 Å². The second-order valence-corrected chi connectivity index (χ2v) is 6.43. The molecule has 0 aromatic heterocycles. The number of ether oxygens (including phenoxy) is 2. The van der Waals surface area contributed by atoms with Crippen molar-refractivity contribution in [2.75, 3.05) is 14.2 Å². The third kappa shape index (κ3) is 5.43. The number of halogens is 5. The van der Waals surface area contributed by atoms with Crippen molar-refractivity contribution in [2.45, 2.75) is 19.2 Å². The molecule has 2 aromatic carbocycles. The van der Waals surface area contributed by atoms with E-state index in [9.17, 15) is 18.0 Å². The van der Waals surface area contributed by atoms with Gasteiger partial charge in [0, 0.05) is 13.1 Å². The van der Waals surface area contributed by atoms with Crippen molar-refractivity contribution in [1.82, 2.24) is 5.06 Å². The number of likely N-dealkylation sites (N-methyl/N-ethyl adjacent to an activating group) is 1. The lowest BCUT2D eigenvalue weighted by atomic mass is 10.2. The van der Waals surface area contributed by atoms with Crippen LogP contribution in [-0.4, -0.2) is 31.2 Å². The third-order valence-electron chi connectivity index (χ3n) is 3.63. The van der Waals surface area contributed by atoms with E-state index in [1.165, 1.54) is 39.3 Å². The summed E-state index contributed by atoms with van der Waals surface area (Å²) < 4.78 is 49.2. The lowest BCUT2D eigenvalue weighted by Crippen LogP contribution is -2.37. The molecule has 5 nitrogen and oxygen atoms in total. The average Bonchev–Trinajstić information content (AvgIpc) is 2.63. The van der Waals surface area contributed by atoms with E-state index in [4.69, 9.17) is 37.5 Å². The van der Waals surface area contributed by atoms with Crippen molar-refractivity contribution in [1.29, 1.82) is 0 Å². The van der Waals surface area contributed by atoms with E-state index in [0.717, 1.165) is 23.3 Å². The summed E-state index contributed by atoms with van der Waals surface area (Å²) in [4.78, 5) is 16.8. The Morgan fingerprint density at radius 3 is 2.32 bits per heavy atom. The van der Waals surface area contributed by atoms with Gasteiger partial charge >= 0.3 is 6.18 Å². The molecule has 0 fully saturated rings. The molecule has 0 saturated heterocycles. The Morgan fingerprint density at radius 2 is 1.75 bits per heavy atom. The number of hydrogen-bond acceptors (Lipinski definition) is 4. The smallest absolute Gasteiger partial charge is 0.416 e. The maximum absolute atomic E-state index is 12.7. The molecule has 28 heavy (non-hydrogen) atoms. The van der Waals surface area contributed by atoms with E-state index in [-0.39, 0.29) is 27.3 Å². The summed E-state index contributed by atoms with van der Waals surface area (Å²) in [6.07, 6.45) is -5.42. The van der Waals surface area contributed by atoms with E-state index in [2.05, 4.69) is 0 Å². The van der Waals surface area contributed by atoms with E-state index < -0.39 is 23.8 Å². The Hall–Kier alpha value is -2.16. The summed E-state index contributed by atoms with van der Waals surface area (Å²) in [6.45, 7) is 1.51. The molecule has 2 aromatic rings. The maximum Gasteiger partial charge on any atom is 0.416 e. The molecule has 0 saturated carbocycles. The molecule has 0 N–H and O–H groups in total. The third-order valence-corrected chi connectivity index (χ3v) is 4.23. The molecule has 1 atom stereocenters. The summed E-state index contributed by atoms with van der Waals surface area (Å²) in [5.74, 6) is -0.0739. The molecule has 0 bridgehead atoms. The molecular weight excluding hydrogens is 422 g/mol. The number of nitrogens with zero attached hydrogens (tertiary/aromatic N) is 1. The Kier molecular flexibility index (Phi) is 7.03. The molecule has 0 aliphatic carbocycles. The van der Waals surface area contributed by atoms with Crippen LogP contribution in [0.2, 0.25) is 10.0 Å². The minimum absolute atomic E-state index is 0.0196. The van der Waals surface area contributed by atoms with Crippen molar-refractivity contribution in [3.8, 4) is 17.2 Å². The van der Waals surface area contributed by atoms with Gasteiger partial charge in [-0.1, -0.05) is 23.2 Å². The van der Waals surface area contributed by atoms with Crippen molar-refractivity contribution in [3.05, 3.63) is 52.0 Å². The second-order valence-electron chi connectivity index (χ2n) is 5.62. The first kappa shape index (κ1) is 22.1. The van der Waals surface area contributed by atoms with Crippen LogP contribution in [0.3, 0.4) is 0 Å². The largest absolute Gasteiger partial charge is 0.479 e. The number of carbonyl (C=O) groups excluding carboxylic acids is 1. The Balaban J connectivity index is 2.20.